The van der Waals surface area contributed by atoms with E-state index in [1.165, 1.54) is 11.3 Å². The molecule has 6 heteroatoms. The number of benzene rings is 1. The van der Waals surface area contributed by atoms with Crippen molar-refractivity contribution in [3.63, 3.8) is 0 Å². The van der Waals surface area contributed by atoms with E-state index >= 15 is 0 Å². The maximum atomic E-state index is 12.6. The third-order valence-electron chi connectivity index (χ3n) is 4.17. The van der Waals surface area contributed by atoms with Gasteiger partial charge in [0.1, 0.15) is 16.5 Å². The van der Waals surface area contributed by atoms with E-state index in [2.05, 4.69) is 12.1 Å². The van der Waals surface area contributed by atoms with Crippen molar-refractivity contribution in [2.45, 2.75) is 38.8 Å². The number of hydrogen-bond donors (Lipinski definition) is 0. The van der Waals surface area contributed by atoms with Gasteiger partial charge in [0.05, 0.1) is 18.2 Å². The fourth-order valence-corrected chi connectivity index (χ4v) is 4.14. The SMILES string of the molecule is CC(C)(C)OC(=O)N1Cc2sc(C#N)cc2[C@H](c2ccccc2C#N)C1. The van der Waals surface area contributed by atoms with Crippen LogP contribution in [-0.4, -0.2) is 23.1 Å². The van der Waals surface area contributed by atoms with E-state index in [0.29, 0.717) is 23.5 Å². The van der Waals surface area contributed by atoms with E-state index in [1.54, 1.807) is 11.0 Å². The van der Waals surface area contributed by atoms with Crippen molar-refractivity contribution in [3.8, 4) is 12.1 Å². The zero-order valence-corrected chi connectivity index (χ0v) is 15.8. The maximum absolute atomic E-state index is 12.6. The fourth-order valence-electron chi connectivity index (χ4n) is 3.11. The number of nitrogens with zero attached hydrogens (tertiary/aromatic N) is 3. The van der Waals surface area contributed by atoms with Crippen molar-refractivity contribution in [2.24, 2.45) is 0 Å². The molecule has 1 aliphatic rings. The van der Waals surface area contributed by atoms with Gasteiger partial charge in [-0.25, -0.2) is 4.79 Å². The van der Waals surface area contributed by atoms with Crippen molar-refractivity contribution < 1.29 is 9.53 Å². The Morgan fingerprint density at radius 2 is 1.96 bits per heavy atom. The summed E-state index contributed by atoms with van der Waals surface area (Å²) in [5, 5.41) is 18.7. The van der Waals surface area contributed by atoms with E-state index in [-0.39, 0.29) is 12.0 Å². The molecule has 1 aromatic heterocycles. The Bertz CT molecular complexity index is 928. The molecule has 1 aromatic carbocycles. The number of carbonyl (C=O) groups excluding carboxylic acids is 1. The van der Waals surface area contributed by atoms with Crippen LogP contribution >= 0.6 is 11.3 Å². The minimum atomic E-state index is -0.579. The topological polar surface area (TPSA) is 77.1 Å². The highest BCUT2D eigenvalue weighted by atomic mass is 32.1. The summed E-state index contributed by atoms with van der Waals surface area (Å²) in [6.45, 7) is 6.34. The van der Waals surface area contributed by atoms with Crippen LogP contribution in [0.4, 0.5) is 4.79 Å². The van der Waals surface area contributed by atoms with Gasteiger partial charge in [0, 0.05) is 17.3 Å². The summed E-state index contributed by atoms with van der Waals surface area (Å²) in [7, 11) is 0. The zero-order chi connectivity index (χ0) is 18.9. The van der Waals surface area contributed by atoms with Gasteiger partial charge in [0.15, 0.2) is 0 Å². The normalized spacial score (nSPS) is 16.3. The first-order valence-electron chi connectivity index (χ1n) is 8.32. The average molecular weight is 365 g/mol. The Labute approximate surface area is 157 Å². The molecule has 0 fully saturated rings. The molecule has 0 N–H and O–H groups in total. The van der Waals surface area contributed by atoms with E-state index in [1.807, 2.05) is 45.0 Å². The second-order valence-electron chi connectivity index (χ2n) is 7.21. The third-order valence-corrected chi connectivity index (χ3v) is 5.21. The molecule has 1 aliphatic heterocycles. The van der Waals surface area contributed by atoms with Gasteiger partial charge in [-0.15, -0.1) is 11.3 Å². The number of thiophene rings is 1. The molecule has 0 saturated carbocycles. The number of hydrogen-bond acceptors (Lipinski definition) is 5. The number of ether oxygens (including phenoxy) is 1. The van der Waals surface area contributed by atoms with Crippen molar-refractivity contribution in [3.05, 3.63) is 56.8 Å². The van der Waals surface area contributed by atoms with Gasteiger partial charge in [-0.3, -0.25) is 0 Å². The molecule has 0 radical (unpaired) electrons. The number of carbonyl (C=O) groups is 1. The lowest BCUT2D eigenvalue weighted by Gasteiger charge is -2.34. The summed E-state index contributed by atoms with van der Waals surface area (Å²) < 4.78 is 5.53. The van der Waals surface area contributed by atoms with Gasteiger partial charge >= 0.3 is 6.09 Å². The molecule has 2 aromatic rings. The lowest BCUT2D eigenvalue weighted by molar-refractivity contribution is 0.0216. The largest absolute Gasteiger partial charge is 0.444 e. The standard InChI is InChI=1S/C20H19N3O2S/c1-20(2,3)25-19(24)23-11-17(15-7-5-4-6-13(15)9-21)16-8-14(10-22)26-18(16)12-23/h4-8,17H,11-12H2,1-3H3/t17-/m0/s1. The first-order valence-corrected chi connectivity index (χ1v) is 9.13. The number of fused-ring (bicyclic) bond motifs is 1. The number of nitriles is 2. The van der Waals surface area contributed by atoms with E-state index in [4.69, 9.17) is 4.74 Å². The number of amides is 1. The maximum Gasteiger partial charge on any atom is 0.410 e. The molecule has 132 valence electrons. The van der Waals surface area contributed by atoms with Crippen LogP contribution in [0.1, 0.15) is 53.1 Å². The van der Waals surface area contributed by atoms with Gasteiger partial charge in [-0.2, -0.15) is 10.5 Å². The van der Waals surface area contributed by atoms with Crippen molar-refractivity contribution in [1.82, 2.24) is 4.90 Å². The molecule has 0 unspecified atom stereocenters. The van der Waals surface area contributed by atoms with Crippen LogP contribution in [0, 0.1) is 22.7 Å². The minimum Gasteiger partial charge on any atom is -0.444 e. The molecule has 0 bridgehead atoms. The lowest BCUT2D eigenvalue weighted by atomic mass is 9.86. The average Bonchev–Trinajstić information content (AvgIpc) is 3.02. The van der Waals surface area contributed by atoms with E-state index in [0.717, 1.165) is 16.0 Å². The molecule has 1 atom stereocenters. The van der Waals surface area contributed by atoms with Crippen LogP contribution < -0.4 is 0 Å². The Morgan fingerprint density at radius 3 is 2.62 bits per heavy atom. The van der Waals surface area contributed by atoms with Gasteiger partial charge in [-0.1, -0.05) is 18.2 Å². The summed E-state index contributed by atoms with van der Waals surface area (Å²) in [5.74, 6) is -0.152. The van der Waals surface area contributed by atoms with Gasteiger partial charge in [0.2, 0.25) is 0 Å². The van der Waals surface area contributed by atoms with Crippen molar-refractivity contribution >= 4 is 17.4 Å². The van der Waals surface area contributed by atoms with E-state index in [9.17, 15) is 15.3 Å². The summed E-state index contributed by atoms with van der Waals surface area (Å²) in [5.41, 5.74) is 1.89. The molecule has 3 rings (SSSR count). The molecule has 0 saturated heterocycles. The van der Waals surface area contributed by atoms with Crippen LogP contribution in [0.5, 0.6) is 0 Å². The molecule has 1 amide bonds. The van der Waals surface area contributed by atoms with Crippen LogP contribution in [0.2, 0.25) is 0 Å². The molecule has 0 aliphatic carbocycles. The fraction of sp³-hybridized carbons (Fsp3) is 0.350. The molecule has 0 spiro atoms. The summed E-state index contributed by atoms with van der Waals surface area (Å²) in [6.07, 6.45) is -0.380. The highest BCUT2D eigenvalue weighted by molar-refractivity contribution is 7.12. The molecule has 5 nitrogen and oxygen atoms in total. The van der Waals surface area contributed by atoms with E-state index < -0.39 is 5.60 Å². The van der Waals surface area contributed by atoms with Crippen LogP contribution in [0.3, 0.4) is 0 Å². The highest BCUT2D eigenvalue weighted by Gasteiger charge is 2.34. The summed E-state index contributed by atoms with van der Waals surface area (Å²) in [6, 6.07) is 13.7. The Balaban J connectivity index is 2.03. The highest BCUT2D eigenvalue weighted by Crippen LogP contribution is 2.39. The third kappa shape index (κ3) is 3.56. The molecule has 2 heterocycles. The van der Waals surface area contributed by atoms with Gasteiger partial charge in [0.25, 0.3) is 0 Å². The minimum absolute atomic E-state index is 0.152. The summed E-state index contributed by atoms with van der Waals surface area (Å²) >= 11 is 1.39. The van der Waals surface area contributed by atoms with Crippen LogP contribution in [-0.2, 0) is 11.3 Å². The van der Waals surface area contributed by atoms with Crippen molar-refractivity contribution in [2.75, 3.05) is 6.54 Å². The van der Waals surface area contributed by atoms with Gasteiger partial charge < -0.3 is 9.64 Å². The quantitative estimate of drug-likeness (QED) is 0.751. The predicted molar refractivity (Wildman–Crippen MR) is 98.7 cm³/mol. The monoisotopic (exact) mass is 365 g/mol. The molecular formula is C20H19N3O2S. The predicted octanol–water partition coefficient (Wildman–Crippen LogP) is 4.37. The Kier molecular flexibility index (Phi) is 4.71. The molecule has 26 heavy (non-hydrogen) atoms. The molecular weight excluding hydrogens is 346 g/mol. The second-order valence-corrected chi connectivity index (χ2v) is 8.35. The first-order chi connectivity index (χ1) is 12.3. The number of rotatable bonds is 1. The zero-order valence-electron chi connectivity index (χ0n) is 14.9. The van der Waals surface area contributed by atoms with Crippen LogP contribution in [0.25, 0.3) is 0 Å². The second kappa shape index (κ2) is 6.82. The Morgan fingerprint density at radius 1 is 1.23 bits per heavy atom. The first kappa shape index (κ1) is 18.0. The smallest absolute Gasteiger partial charge is 0.410 e. The van der Waals surface area contributed by atoms with Crippen molar-refractivity contribution in [1.29, 1.82) is 10.5 Å². The lowest BCUT2D eigenvalue weighted by Crippen LogP contribution is -2.41. The van der Waals surface area contributed by atoms with Crippen LogP contribution in [0.15, 0.2) is 30.3 Å². The summed E-state index contributed by atoms with van der Waals surface area (Å²) in [4.78, 5) is 15.8. The Hall–Kier alpha value is -2.83. The van der Waals surface area contributed by atoms with Gasteiger partial charge in [-0.05, 0) is 44.0 Å².